The summed E-state index contributed by atoms with van der Waals surface area (Å²) in [7, 11) is 0. The van der Waals surface area contributed by atoms with E-state index in [1.807, 2.05) is 19.9 Å². The number of esters is 1. The lowest BCUT2D eigenvalue weighted by molar-refractivity contribution is -0.187. The maximum Gasteiger partial charge on any atom is 0.303 e. The highest BCUT2D eigenvalue weighted by Crippen LogP contribution is 2.72. The zero-order chi connectivity index (χ0) is 22.3. The maximum absolute atomic E-state index is 16.3. The number of ketones is 2. The first kappa shape index (κ1) is 22.2. The molecule has 0 N–H and O–H groups in total. The molecular weight excluding hydrogens is 475 g/mol. The summed E-state index contributed by atoms with van der Waals surface area (Å²) in [6.45, 7) is 6.59. The van der Waals surface area contributed by atoms with Crippen molar-refractivity contribution in [3.8, 4) is 0 Å². The van der Waals surface area contributed by atoms with Crippen molar-refractivity contribution < 1.29 is 23.5 Å². The Kier molecular flexibility index (Phi) is 4.99. The number of ether oxygens (including phenoxy) is 1. The molecule has 7 atom stereocenters. The van der Waals surface area contributed by atoms with Crippen LogP contribution in [0.2, 0.25) is 0 Å². The van der Waals surface area contributed by atoms with Gasteiger partial charge in [-0.25, -0.2) is 4.39 Å². The highest BCUT2D eigenvalue weighted by Gasteiger charge is 2.74. The van der Waals surface area contributed by atoms with Gasteiger partial charge in [-0.2, -0.15) is 0 Å². The van der Waals surface area contributed by atoms with Crippen LogP contribution in [0.3, 0.4) is 0 Å². The Hall–Kier alpha value is -1.01. The standard InChI is InChI=1S/C23H27BrClFO4/c1-12(27)22(30-13(2)28)8-6-15-16-10-18(25)17-9-14(29)5-7-20(17,3)23(16,24)19(26)11-21(15,22)4/h9-10,15-16,19H,5-8,11H2,1-4H3/t15-,16-,19-,20-,21-,22-,23?/m0/s1. The molecule has 0 saturated heterocycles. The number of rotatable bonds is 2. The van der Waals surface area contributed by atoms with E-state index in [1.165, 1.54) is 13.8 Å². The van der Waals surface area contributed by atoms with Gasteiger partial charge in [0.05, 0.1) is 4.32 Å². The molecule has 4 aliphatic carbocycles. The lowest BCUT2D eigenvalue weighted by Gasteiger charge is -2.63. The third-order valence-electron chi connectivity index (χ3n) is 8.61. The van der Waals surface area contributed by atoms with Gasteiger partial charge in [0.1, 0.15) is 6.17 Å². The third kappa shape index (κ3) is 2.52. The van der Waals surface area contributed by atoms with Crippen LogP contribution in [-0.2, 0) is 19.1 Å². The Morgan fingerprint density at radius 2 is 1.93 bits per heavy atom. The van der Waals surface area contributed by atoms with Gasteiger partial charge in [-0.15, -0.1) is 0 Å². The lowest BCUT2D eigenvalue weighted by Crippen LogP contribution is -2.67. The molecule has 0 aromatic carbocycles. The van der Waals surface area contributed by atoms with Crippen molar-refractivity contribution in [3.05, 3.63) is 22.8 Å². The van der Waals surface area contributed by atoms with Crippen LogP contribution in [-0.4, -0.2) is 33.6 Å². The van der Waals surface area contributed by atoms with E-state index in [9.17, 15) is 14.4 Å². The summed E-state index contributed by atoms with van der Waals surface area (Å²) in [5, 5.41) is 0.481. The Bertz CT molecular complexity index is 915. The molecule has 0 aromatic rings. The smallest absolute Gasteiger partial charge is 0.303 e. The van der Waals surface area contributed by atoms with E-state index in [0.717, 1.165) is 0 Å². The summed E-state index contributed by atoms with van der Waals surface area (Å²) < 4.78 is 21.0. The summed E-state index contributed by atoms with van der Waals surface area (Å²) in [6, 6.07) is 0. The number of Topliss-reactive ketones (excluding diaryl/α,β-unsaturated/α-hetero) is 1. The zero-order valence-electron chi connectivity index (χ0n) is 17.7. The number of hydrogen-bond acceptors (Lipinski definition) is 4. The van der Waals surface area contributed by atoms with E-state index in [2.05, 4.69) is 15.9 Å². The number of alkyl halides is 2. The van der Waals surface area contributed by atoms with Gasteiger partial charge in [0, 0.05) is 35.1 Å². The molecule has 0 radical (unpaired) electrons. The minimum Gasteiger partial charge on any atom is -0.451 e. The van der Waals surface area contributed by atoms with Crippen LogP contribution < -0.4 is 0 Å². The van der Waals surface area contributed by atoms with Crippen LogP contribution in [0.1, 0.15) is 59.8 Å². The van der Waals surface area contributed by atoms with Crippen molar-refractivity contribution in [3.63, 3.8) is 0 Å². The van der Waals surface area contributed by atoms with Gasteiger partial charge in [-0.3, -0.25) is 14.4 Å². The molecule has 164 valence electrons. The predicted octanol–water partition coefficient (Wildman–Crippen LogP) is 5.22. The molecule has 0 aromatic heterocycles. The number of carbonyl (C=O) groups excluding carboxylic acids is 3. The Labute approximate surface area is 189 Å². The first-order valence-corrected chi connectivity index (χ1v) is 11.7. The average molecular weight is 502 g/mol. The highest BCUT2D eigenvalue weighted by atomic mass is 79.9. The van der Waals surface area contributed by atoms with Crippen LogP contribution >= 0.6 is 27.5 Å². The molecule has 0 heterocycles. The average Bonchev–Trinajstić information content (AvgIpc) is 2.92. The molecule has 0 bridgehead atoms. The van der Waals surface area contributed by atoms with Crippen LogP contribution in [0, 0.1) is 22.7 Å². The molecule has 0 spiro atoms. The Morgan fingerprint density at radius 3 is 2.53 bits per heavy atom. The minimum atomic E-state index is -1.33. The monoisotopic (exact) mass is 500 g/mol. The quantitative estimate of drug-likeness (QED) is 0.385. The highest BCUT2D eigenvalue weighted by molar-refractivity contribution is 9.10. The van der Waals surface area contributed by atoms with E-state index in [-0.39, 0.29) is 29.8 Å². The summed E-state index contributed by atoms with van der Waals surface area (Å²) in [4.78, 5) is 36.8. The summed E-state index contributed by atoms with van der Waals surface area (Å²) in [5.74, 6) is -1.16. The second-order valence-corrected chi connectivity index (χ2v) is 11.6. The SMILES string of the molecule is CC(=O)O[C@]1(C(C)=O)CC[C@H]2[C@@H]3C=C(Cl)C4=CC(=O)CC[C@]4(C)C3(Br)[C@@H](F)C[C@@]21C. The number of allylic oxidation sites excluding steroid dienone is 4. The number of fused-ring (bicyclic) bond motifs is 5. The molecule has 7 heteroatoms. The Balaban J connectivity index is 1.90. The normalized spacial score (nSPS) is 47.4. The second kappa shape index (κ2) is 6.74. The molecule has 30 heavy (non-hydrogen) atoms. The van der Waals surface area contributed by atoms with Crippen LogP contribution in [0.15, 0.2) is 22.8 Å². The van der Waals surface area contributed by atoms with Crippen LogP contribution in [0.5, 0.6) is 0 Å². The van der Waals surface area contributed by atoms with Crippen molar-refractivity contribution in [2.75, 3.05) is 0 Å². The predicted molar refractivity (Wildman–Crippen MR) is 115 cm³/mol. The molecule has 0 aliphatic heterocycles. The molecule has 1 unspecified atom stereocenters. The van der Waals surface area contributed by atoms with E-state index < -0.39 is 32.9 Å². The lowest BCUT2D eigenvalue weighted by atomic mass is 9.47. The zero-order valence-corrected chi connectivity index (χ0v) is 20.0. The molecule has 0 amide bonds. The topological polar surface area (TPSA) is 60.4 Å². The van der Waals surface area contributed by atoms with E-state index in [1.54, 1.807) is 6.08 Å². The first-order chi connectivity index (χ1) is 13.8. The van der Waals surface area contributed by atoms with Gasteiger partial charge in [0.15, 0.2) is 17.2 Å². The fraction of sp³-hybridized carbons (Fsp3) is 0.696. The second-order valence-electron chi connectivity index (χ2n) is 9.88. The van der Waals surface area contributed by atoms with Gasteiger partial charge in [0.25, 0.3) is 0 Å². The van der Waals surface area contributed by atoms with Gasteiger partial charge in [-0.05, 0) is 50.2 Å². The number of hydrogen-bond donors (Lipinski definition) is 0. The molecule has 2 saturated carbocycles. The number of halogens is 3. The Morgan fingerprint density at radius 1 is 1.27 bits per heavy atom. The summed E-state index contributed by atoms with van der Waals surface area (Å²) in [6.07, 6.45) is 4.06. The molecular formula is C23H27BrClFO4. The third-order valence-corrected chi connectivity index (χ3v) is 10.8. The fourth-order valence-electron chi connectivity index (χ4n) is 7.07. The van der Waals surface area contributed by atoms with Gasteiger partial charge < -0.3 is 4.74 Å². The molecule has 2 fully saturated rings. The molecule has 4 rings (SSSR count). The van der Waals surface area contributed by atoms with Crippen LogP contribution in [0.4, 0.5) is 4.39 Å². The van der Waals surface area contributed by atoms with E-state index >= 15 is 4.39 Å². The van der Waals surface area contributed by atoms with Crippen molar-refractivity contribution in [2.45, 2.75) is 75.9 Å². The number of carbonyl (C=O) groups is 3. The largest absolute Gasteiger partial charge is 0.451 e. The van der Waals surface area contributed by atoms with Crippen molar-refractivity contribution in [1.82, 2.24) is 0 Å². The minimum absolute atomic E-state index is 0.00551. The van der Waals surface area contributed by atoms with Crippen LogP contribution in [0.25, 0.3) is 0 Å². The van der Waals surface area contributed by atoms with Gasteiger partial charge in [-0.1, -0.05) is 47.5 Å². The summed E-state index contributed by atoms with van der Waals surface area (Å²) in [5.41, 5.74) is -2.14. The fourth-order valence-corrected chi connectivity index (χ4v) is 8.49. The molecule has 4 aliphatic rings. The maximum atomic E-state index is 16.3. The van der Waals surface area contributed by atoms with Gasteiger partial charge >= 0.3 is 5.97 Å². The van der Waals surface area contributed by atoms with Crippen molar-refractivity contribution in [2.24, 2.45) is 22.7 Å². The van der Waals surface area contributed by atoms with Crippen molar-refractivity contribution in [1.29, 1.82) is 0 Å². The summed E-state index contributed by atoms with van der Waals surface area (Å²) >= 11 is 10.5. The van der Waals surface area contributed by atoms with E-state index in [0.29, 0.717) is 36.3 Å². The van der Waals surface area contributed by atoms with Gasteiger partial charge in [0.2, 0.25) is 0 Å². The first-order valence-electron chi connectivity index (χ1n) is 10.5. The van der Waals surface area contributed by atoms with E-state index in [4.69, 9.17) is 16.3 Å². The van der Waals surface area contributed by atoms with Crippen molar-refractivity contribution >= 4 is 45.1 Å². The molecule has 4 nitrogen and oxygen atoms in total.